The van der Waals surface area contributed by atoms with Crippen molar-refractivity contribution in [3.8, 4) is 0 Å². The predicted octanol–water partition coefficient (Wildman–Crippen LogP) is -0.155. The molecule has 0 amide bonds. The van der Waals surface area contributed by atoms with Crippen molar-refractivity contribution in [1.29, 1.82) is 0 Å². The lowest BCUT2D eigenvalue weighted by atomic mass is 10.5. The van der Waals surface area contributed by atoms with Crippen LogP contribution in [-0.4, -0.2) is 36.4 Å². The third-order valence-corrected chi connectivity index (χ3v) is 0.671. The average Bonchev–Trinajstić information content (AvgIpc) is 1.90. The molecule has 0 aliphatic heterocycles. The highest BCUT2D eigenvalue weighted by molar-refractivity contribution is 5.79. The number of carboxylic acid groups (broad SMARTS) is 1. The molecule has 0 radical (unpaired) electrons. The molecule has 0 atom stereocenters. The normalized spacial score (nSPS) is 9.00. The third-order valence-electron chi connectivity index (χ3n) is 0.671. The second-order valence-electron chi connectivity index (χ2n) is 1.67. The van der Waals surface area contributed by atoms with Gasteiger partial charge >= 0.3 is 5.97 Å². The molecule has 0 aromatic carbocycles. The van der Waals surface area contributed by atoms with Gasteiger partial charge in [-0.2, -0.15) is 0 Å². The molecule has 0 rings (SSSR count). The van der Waals surface area contributed by atoms with Crippen molar-refractivity contribution >= 4 is 5.97 Å². The van der Waals surface area contributed by atoms with E-state index in [4.69, 9.17) is 10.2 Å². The molecular formula is C7H15NO3. The minimum atomic E-state index is -0.891. The number of hydrogen-bond acceptors (Lipinski definition) is 3. The van der Waals surface area contributed by atoms with Crippen LogP contribution in [0.5, 0.6) is 0 Å². The Balaban J connectivity index is 0. The van der Waals surface area contributed by atoms with Gasteiger partial charge in [-0.05, 0) is 14.0 Å². The molecule has 0 saturated carbocycles. The number of carboxylic acids is 1. The van der Waals surface area contributed by atoms with Crippen molar-refractivity contribution in [1.82, 2.24) is 5.32 Å². The summed E-state index contributed by atoms with van der Waals surface area (Å²) in [6.07, 6.45) is 2.56. The molecule has 3 N–H and O–H groups in total. The molecule has 0 unspecified atom stereocenters. The quantitative estimate of drug-likeness (QED) is 0.503. The van der Waals surface area contributed by atoms with E-state index >= 15 is 0 Å². The van der Waals surface area contributed by atoms with Gasteiger partial charge in [0.25, 0.3) is 0 Å². The summed E-state index contributed by atoms with van der Waals surface area (Å²) in [6.45, 7) is 2.59. The largest absolute Gasteiger partial charge is 0.478 e. The van der Waals surface area contributed by atoms with Gasteiger partial charge in [-0.3, -0.25) is 0 Å². The molecule has 0 heterocycles. The summed E-state index contributed by atoms with van der Waals surface area (Å²) in [5.74, 6) is -0.891. The molecular weight excluding hydrogens is 146 g/mol. The molecule has 0 bridgehead atoms. The maximum Gasteiger partial charge on any atom is 0.327 e. The minimum absolute atomic E-state index is 0.233. The van der Waals surface area contributed by atoms with Gasteiger partial charge in [0.15, 0.2) is 0 Å². The molecule has 0 fully saturated rings. The number of aliphatic hydroxyl groups excluding tert-OH is 1. The van der Waals surface area contributed by atoms with Crippen molar-refractivity contribution < 1.29 is 15.0 Å². The van der Waals surface area contributed by atoms with Crippen molar-refractivity contribution in [3.63, 3.8) is 0 Å². The van der Waals surface area contributed by atoms with Gasteiger partial charge in [0, 0.05) is 12.6 Å². The first kappa shape index (κ1) is 12.8. The van der Waals surface area contributed by atoms with Gasteiger partial charge in [-0.1, -0.05) is 6.08 Å². The topological polar surface area (TPSA) is 69.6 Å². The van der Waals surface area contributed by atoms with Gasteiger partial charge in [0.2, 0.25) is 0 Å². The zero-order chi connectivity index (χ0) is 9.11. The van der Waals surface area contributed by atoms with E-state index in [-0.39, 0.29) is 6.61 Å². The summed E-state index contributed by atoms with van der Waals surface area (Å²) in [5, 5.41) is 18.6. The molecule has 0 aromatic rings. The van der Waals surface area contributed by atoms with Gasteiger partial charge in [0.1, 0.15) is 0 Å². The Morgan fingerprint density at radius 3 is 2.18 bits per heavy atom. The van der Waals surface area contributed by atoms with Crippen LogP contribution < -0.4 is 5.32 Å². The van der Waals surface area contributed by atoms with Crippen molar-refractivity contribution in [3.05, 3.63) is 12.2 Å². The lowest BCUT2D eigenvalue weighted by Gasteiger charge is -1.84. The second kappa shape index (κ2) is 11.9. The van der Waals surface area contributed by atoms with E-state index < -0.39 is 5.97 Å². The van der Waals surface area contributed by atoms with E-state index in [2.05, 4.69) is 5.32 Å². The second-order valence-corrected chi connectivity index (χ2v) is 1.67. The Morgan fingerprint density at radius 2 is 2.18 bits per heavy atom. The van der Waals surface area contributed by atoms with Crippen LogP contribution in [0.1, 0.15) is 6.92 Å². The number of allylic oxidation sites excluding steroid dienone is 1. The van der Waals surface area contributed by atoms with Gasteiger partial charge < -0.3 is 15.5 Å². The van der Waals surface area contributed by atoms with Gasteiger partial charge in [0.05, 0.1) is 6.61 Å². The first-order valence-corrected chi connectivity index (χ1v) is 3.30. The molecule has 66 valence electrons. The smallest absolute Gasteiger partial charge is 0.327 e. The third kappa shape index (κ3) is 27.2. The Morgan fingerprint density at radius 1 is 1.64 bits per heavy atom. The Hall–Kier alpha value is -0.870. The van der Waals surface area contributed by atoms with Gasteiger partial charge in [-0.15, -0.1) is 0 Å². The van der Waals surface area contributed by atoms with Crippen LogP contribution in [0.25, 0.3) is 0 Å². The van der Waals surface area contributed by atoms with Crippen LogP contribution in [0, 0.1) is 0 Å². The minimum Gasteiger partial charge on any atom is -0.478 e. The fourth-order valence-electron chi connectivity index (χ4n) is 0.254. The molecule has 11 heavy (non-hydrogen) atoms. The van der Waals surface area contributed by atoms with E-state index in [1.807, 2.05) is 0 Å². The van der Waals surface area contributed by atoms with Crippen LogP contribution in [0.15, 0.2) is 12.2 Å². The molecule has 0 aliphatic carbocycles. The van der Waals surface area contributed by atoms with Crippen LogP contribution in [-0.2, 0) is 4.79 Å². The first-order chi connectivity index (χ1) is 5.18. The first-order valence-electron chi connectivity index (χ1n) is 3.30. The lowest BCUT2D eigenvalue weighted by Crippen LogP contribution is -2.10. The van der Waals surface area contributed by atoms with E-state index in [0.717, 1.165) is 6.08 Å². The molecule has 0 saturated heterocycles. The molecule has 0 spiro atoms. The summed E-state index contributed by atoms with van der Waals surface area (Å²) in [4.78, 5) is 9.51. The molecule has 0 aliphatic rings. The number of likely N-dealkylation sites (N-methyl/N-ethyl adjacent to an activating group) is 1. The van der Waals surface area contributed by atoms with Crippen LogP contribution >= 0.6 is 0 Å². The van der Waals surface area contributed by atoms with E-state index in [1.54, 1.807) is 14.0 Å². The zero-order valence-corrected chi connectivity index (χ0v) is 6.87. The summed E-state index contributed by atoms with van der Waals surface area (Å²) in [6, 6.07) is 0. The number of carbonyl (C=O) groups is 1. The van der Waals surface area contributed by atoms with Crippen LogP contribution in [0.3, 0.4) is 0 Å². The molecule has 4 nitrogen and oxygen atoms in total. The number of aliphatic hydroxyl groups is 1. The average molecular weight is 161 g/mol. The fourth-order valence-corrected chi connectivity index (χ4v) is 0.254. The monoisotopic (exact) mass is 161 g/mol. The van der Waals surface area contributed by atoms with Crippen molar-refractivity contribution in [2.45, 2.75) is 6.92 Å². The Bertz CT molecular complexity index is 110. The summed E-state index contributed by atoms with van der Waals surface area (Å²) >= 11 is 0. The Kier molecular flexibility index (Phi) is 13.8. The van der Waals surface area contributed by atoms with Gasteiger partial charge in [-0.25, -0.2) is 4.79 Å². The van der Waals surface area contributed by atoms with Crippen molar-refractivity contribution in [2.24, 2.45) is 0 Å². The van der Waals surface area contributed by atoms with E-state index in [0.29, 0.717) is 6.54 Å². The standard InChI is InChI=1S/C4H6O2.C3H9NO/c1-2-3-4(5)6;1-4-2-3-5/h2-3H,1H3,(H,5,6);4-5H,2-3H2,1H3/b3-2+;. The highest BCUT2D eigenvalue weighted by Gasteiger charge is 1.76. The number of rotatable bonds is 3. The van der Waals surface area contributed by atoms with E-state index in [9.17, 15) is 4.79 Å². The maximum atomic E-state index is 9.51. The molecule has 0 aromatic heterocycles. The zero-order valence-electron chi connectivity index (χ0n) is 6.87. The maximum absolute atomic E-state index is 9.51. The SMILES string of the molecule is C/C=C/C(=O)O.CNCCO. The van der Waals surface area contributed by atoms with Crippen LogP contribution in [0.4, 0.5) is 0 Å². The summed E-state index contributed by atoms with van der Waals surface area (Å²) in [5.41, 5.74) is 0. The summed E-state index contributed by atoms with van der Waals surface area (Å²) in [7, 11) is 1.80. The lowest BCUT2D eigenvalue weighted by molar-refractivity contribution is -0.131. The highest BCUT2D eigenvalue weighted by Crippen LogP contribution is 1.65. The number of hydrogen-bond donors (Lipinski definition) is 3. The number of aliphatic carboxylic acids is 1. The highest BCUT2D eigenvalue weighted by atomic mass is 16.4. The number of nitrogens with one attached hydrogen (secondary N) is 1. The molecule has 4 heteroatoms. The van der Waals surface area contributed by atoms with E-state index in [1.165, 1.54) is 6.08 Å². The van der Waals surface area contributed by atoms with Crippen molar-refractivity contribution in [2.75, 3.05) is 20.2 Å². The Labute approximate surface area is 66.5 Å². The predicted molar refractivity (Wildman–Crippen MR) is 43.5 cm³/mol. The van der Waals surface area contributed by atoms with Crippen LogP contribution in [0.2, 0.25) is 0 Å². The fraction of sp³-hybridized carbons (Fsp3) is 0.571. The summed E-state index contributed by atoms with van der Waals surface area (Å²) < 4.78 is 0.